The number of aryl methyl sites for hydroxylation is 1. The molecule has 0 radical (unpaired) electrons. The van der Waals surface area contributed by atoms with Gasteiger partial charge in [0.2, 0.25) is 0 Å². The molecule has 2 aromatic rings. The second-order valence-corrected chi connectivity index (χ2v) is 6.04. The summed E-state index contributed by atoms with van der Waals surface area (Å²) in [6.45, 7) is 5.07. The molecule has 0 fully saturated rings. The minimum atomic E-state index is 0.270. The average Bonchev–Trinajstić information content (AvgIpc) is 2.37. The molecule has 2 rings (SSSR count). The minimum Gasteiger partial charge on any atom is -0.306 e. The molecule has 0 saturated carbocycles. The molecule has 1 atom stereocenters. The molecule has 19 heavy (non-hydrogen) atoms. The van der Waals surface area contributed by atoms with Crippen LogP contribution in [-0.2, 0) is 6.54 Å². The summed E-state index contributed by atoms with van der Waals surface area (Å²) < 4.78 is 1.15. The molecule has 0 bridgehead atoms. The third-order valence-electron chi connectivity index (χ3n) is 3.16. The van der Waals surface area contributed by atoms with Crippen molar-refractivity contribution >= 4 is 27.5 Å². The summed E-state index contributed by atoms with van der Waals surface area (Å²) in [5.41, 5.74) is 3.73. The van der Waals surface area contributed by atoms with E-state index in [1.54, 1.807) is 0 Å². The zero-order chi connectivity index (χ0) is 13.8. The molecule has 0 aliphatic rings. The Bertz CT molecular complexity index is 568. The number of rotatable bonds is 4. The van der Waals surface area contributed by atoms with Gasteiger partial charge < -0.3 is 5.32 Å². The maximum atomic E-state index is 6.01. The van der Waals surface area contributed by atoms with E-state index in [0.717, 1.165) is 16.0 Å². The number of hydrogen-bond acceptors (Lipinski definition) is 1. The maximum Gasteiger partial charge on any atom is 0.0409 e. The lowest BCUT2D eigenvalue weighted by Crippen LogP contribution is -2.18. The molecule has 1 nitrogen and oxygen atoms in total. The third-order valence-corrected chi connectivity index (χ3v) is 4.13. The van der Waals surface area contributed by atoms with Crippen LogP contribution in [0.15, 0.2) is 46.9 Å². The van der Waals surface area contributed by atoms with E-state index in [1.807, 2.05) is 18.2 Å². The van der Waals surface area contributed by atoms with Crippen LogP contribution >= 0.6 is 27.5 Å². The van der Waals surface area contributed by atoms with E-state index in [-0.39, 0.29) is 6.04 Å². The summed E-state index contributed by atoms with van der Waals surface area (Å²) in [7, 11) is 0. The minimum absolute atomic E-state index is 0.270. The molecule has 0 aliphatic carbocycles. The lowest BCUT2D eigenvalue weighted by atomic mass is 10.1. The van der Waals surface area contributed by atoms with Crippen molar-refractivity contribution < 1.29 is 0 Å². The van der Waals surface area contributed by atoms with E-state index < -0.39 is 0 Å². The largest absolute Gasteiger partial charge is 0.306 e. The van der Waals surface area contributed by atoms with E-state index in [4.69, 9.17) is 11.6 Å². The molecular weight excluding hydrogens is 322 g/mol. The van der Waals surface area contributed by atoms with E-state index in [2.05, 4.69) is 59.4 Å². The van der Waals surface area contributed by atoms with Gasteiger partial charge in [-0.2, -0.15) is 0 Å². The first-order valence-corrected chi connectivity index (χ1v) is 7.47. The number of benzene rings is 2. The van der Waals surface area contributed by atoms with Gasteiger partial charge in [-0.25, -0.2) is 0 Å². The van der Waals surface area contributed by atoms with Crippen molar-refractivity contribution in [3.63, 3.8) is 0 Å². The van der Waals surface area contributed by atoms with Crippen LogP contribution in [0, 0.1) is 6.92 Å². The highest BCUT2D eigenvalue weighted by atomic mass is 79.9. The molecule has 100 valence electrons. The van der Waals surface area contributed by atoms with E-state index in [9.17, 15) is 0 Å². The summed E-state index contributed by atoms with van der Waals surface area (Å²) >= 11 is 9.62. The Morgan fingerprint density at radius 2 is 2.00 bits per heavy atom. The van der Waals surface area contributed by atoms with Crippen LogP contribution in [0.25, 0.3) is 0 Å². The Hall–Kier alpha value is -0.830. The van der Waals surface area contributed by atoms with Crippen molar-refractivity contribution in [3.8, 4) is 0 Å². The summed E-state index contributed by atoms with van der Waals surface area (Å²) in [6.07, 6.45) is 0. The van der Waals surface area contributed by atoms with E-state index >= 15 is 0 Å². The summed E-state index contributed by atoms with van der Waals surface area (Å²) in [6, 6.07) is 14.7. The van der Waals surface area contributed by atoms with Gasteiger partial charge in [-0.05, 0) is 48.7 Å². The van der Waals surface area contributed by atoms with Crippen molar-refractivity contribution in [1.29, 1.82) is 0 Å². The molecule has 0 spiro atoms. The summed E-state index contributed by atoms with van der Waals surface area (Å²) in [5.74, 6) is 0. The fourth-order valence-electron chi connectivity index (χ4n) is 1.95. The Kier molecular flexibility index (Phi) is 5.03. The van der Waals surface area contributed by atoms with E-state index in [1.165, 1.54) is 16.7 Å². The Labute approximate surface area is 128 Å². The highest BCUT2D eigenvalue weighted by Gasteiger charge is 2.06. The molecule has 2 aromatic carbocycles. The first-order chi connectivity index (χ1) is 9.06. The second-order valence-electron chi connectivity index (χ2n) is 4.75. The van der Waals surface area contributed by atoms with Crippen molar-refractivity contribution in [2.24, 2.45) is 0 Å². The fourth-order valence-corrected chi connectivity index (χ4v) is 2.78. The number of nitrogens with one attached hydrogen (secondary N) is 1. The zero-order valence-electron chi connectivity index (χ0n) is 11.1. The Morgan fingerprint density at radius 3 is 2.68 bits per heavy atom. The van der Waals surface area contributed by atoms with Crippen LogP contribution in [0.3, 0.4) is 0 Å². The van der Waals surface area contributed by atoms with Crippen LogP contribution < -0.4 is 5.32 Å². The van der Waals surface area contributed by atoms with Crippen molar-refractivity contribution in [2.75, 3.05) is 0 Å². The molecule has 0 saturated heterocycles. The summed E-state index contributed by atoms with van der Waals surface area (Å²) in [5, 5.41) is 4.29. The lowest BCUT2D eigenvalue weighted by molar-refractivity contribution is 0.574. The quantitative estimate of drug-likeness (QED) is 0.801. The van der Waals surface area contributed by atoms with Crippen molar-refractivity contribution in [3.05, 3.63) is 68.7 Å². The van der Waals surface area contributed by atoms with Gasteiger partial charge in [0.25, 0.3) is 0 Å². The van der Waals surface area contributed by atoms with Gasteiger partial charge >= 0.3 is 0 Å². The molecule has 0 aromatic heterocycles. The topological polar surface area (TPSA) is 12.0 Å². The van der Waals surface area contributed by atoms with Crippen LogP contribution in [0.1, 0.15) is 29.7 Å². The predicted octanol–water partition coefficient (Wildman–Crippen LogP) is 5.26. The monoisotopic (exact) mass is 337 g/mol. The molecule has 3 heteroatoms. The molecule has 0 unspecified atom stereocenters. The Morgan fingerprint density at radius 1 is 1.21 bits per heavy atom. The van der Waals surface area contributed by atoms with Gasteiger partial charge in [-0.15, -0.1) is 0 Å². The van der Waals surface area contributed by atoms with Crippen molar-refractivity contribution in [1.82, 2.24) is 5.32 Å². The SMILES string of the molecule is Cc1ccc(CN[C@@H](C)c2cccc(Cl)c2)c(Br)c1. The van der Waals surface area contributed by atoms with Gasteiger partial charge in [0.05, 0.1) is 0 Å². The first kappa shape index (κ1) is 14.6. The third kappa shape index (κ3) is 4.07. The normalized spacial score (nSPS) is 12.4. The van der Waals surface area contributed by atoms with Crippen LogP contribution in [-0.4, -0.2) is 0 Å². The number of hydrogen-bond donors (Lipinski definition) is 1. The molecule has 0 amide bonds. The highest BCUT2D eigenvalue weighted by molar-refractivity contribution is 9.10. The second kappa shape index (κ2) is 6.56. The molecule has 1 N–H and O–H groups in total. The fraction of sp³-hybridized carbons (Fsp3) is 0.250. The molecule has 0 heterocycles. The van der Waals surface area contributed by atoms with Crippen molar-refractivity contribution in [2.45, 2.75) is 26.4 Å². The Balaban J connectivity index is 2.02. The van der Waals surface area contributed by atoms with E-state index in [0.29, 0.717) is 0 Å². The predicted molar refractivity (Wildman–Crippen MR) is 85.6 cm³/mol. The van der Waals surface area contributed by atoms with Crippen LogP contribution in [0.5, 0.6) is 0 Å². The average molecular weight is 339 g/mol. The smallest absolute Gasteiger partial charge is 0.0409 e. The zero-order valence-corrected chi connectivity index (χ0v) is 13.4. The number of halogens is 2. The van der Waals surface area contributed by atoms with Gasteiger partial charge in [-0.3, -0.25) is 0 Å². The van der Waals surface area contributed by atoms with Gasteiger partial charge in [0.1, 0.15) is 0 Å². The highest BCUT2D eigenvalue weighted by Crippen LogP contribution is 2.21. The van der Waals surface area contributed by atoms with Crippen LogP contribution in [0.4, 0.5) is 0 Å². The summed E-state index contributed by atoms with van der Waals surface area (Å²) in [4.78, 5) is 0. The van der Waals surface area contributed by atoms with Crippen LogP contribution in [0.2, 0.25) is 5.02 Å². The standard InChI is InChI=1S/C16H17BrClN/c1-11-6-7-14(16(17)8-11)10-19-12(2)13-4-3-5-15(18)9-13/h3-9,12,19H,10H2,1-2H3/t12-/m0/s1. The molecular formula is C16H17BrClN. The first-order valence-electron chi connectivity index (χ1n) is 6.30. The van der Waals surface area contributed by atoms with Gasteiger partial charge in [-0.1, -0.05) is 51.8 Å². The van der Waals surface area contributed by atoms with Gasteiger partial charge in [0, 0.05) is 22.1 Å². The molecule has 0 aliphatic heterocycles. The lowest BCUT2D eigenvalue weighted by Gasteiger charge is -2.15. The van der Waals surface area contributed by atoms with Gasteiger partial charge in [0.15, 0.2) is 0 Å². The maximum absolute atomic E-state index is 6.01.